The minimum absolute atomic E-state index is 0.0411. The number of amides is 1. The van der Waals surface area contributed by atoms with Crippen LogP contribution in [-0.4, -0.2) is 35.5 Å². The number of carbonyl (C=O) groups is 2. The Morgan fingerprint density at radius 3 is 1.95 bits per heavy atom. The van der Waals surface area contributed by atoms with E-state index < -0.39 is 5.60 Å². The Bertz CT molecular complexity index is 319. The van der Waals surface area contributed by atoms with E-state index in [1.54, 1.807) is 4.90 Å². The maximum absolute atomic E-state index is 12.2. The van der Waals surface area contributed by atoms with Crippen LogP contribution >= 0.6 is 0 Å². The molecule has 0 aliphatic carbocycles. The van der Waals surface area contributed by atoms with Crippen LogP contribution in [0.4, 0.5) is 4.79 Å². The van der Waals surface area contributed by atoms with E-state index in [1.165, 1.54) is 0 Å². The molecule has 0 radical (unpaired) electrons. The monoisotopic (exact) mass is 283 g/mol. The van der Waals surface area contributed by atoms with Gasteiger partial charge in [0.25, 0.3) is 0 Å². The van der Waals surface area contributed by atoms with Gasteiger partial charge in [-0.3, -0.25) is 4.79 Å². The summed E-state index contributed by atoms with van der Waals surface area (Å²) in [5.41, 5.74) is -0.421. The van der Waals surface area contributed by atoms with E-state index >= 15 is 0 Å². The van der Waals surface area contributed by atoms with Crippen molar-refractivity contribution in [3.05, 3.63) is 0 Å². The first-order valence-corrected chi connectivity index (χ1v) is 7.48. The lowest BCUT2D eigenvalue weighted by molar-refractivity contribution is -0.126. The molecule has 0 saturated carbocycles. The molecule has 0 unspecified atom stereocenters. The van der Waals surface area contributed by atoms with Crippen LogP contribution in [0.25, 0.3) is 0 Å². The second-order valence-corrected chi connectivity index (χ2v) is 7.95. The van der Waals surface area contributed by atoms with Gasteiger partial charge in [-0.25, -0.2) is 4.79 Å². The molecule has 0 aromatic heterocycles. The Morgan fingerprint density at radius 2 is 1.55 bits per heavy atom. The number of nitrogens with zero attached hydrogens (tertiary/aromatic N) is 1. The number of Topliss-reactive ketones (excluding diaryl/α,β-unsaturated/α-hetero) is 1. The van der Waals surface area contributed by atoms with Gasteiger partial charge in [-0.2, -0.15) is 0 Å². The molecule has 0 atom stereocenters. The minimum atomic E-state index is -0.462. The van der Waals surface area contributed by atoms with Gasteiger partial charge in [0.2, 0.25) is 0 Å². The molecule has 0 aromatic rings. The van der Waals surface area contributed by atoms with Crippen LogP contribution in [0, 0.1) is 11.3 Å². The molecule has 1 fully saturated rings. The zero-order valence-corrected chi connectivity index (χ0v) is 13.8. The molecule has 0 aromatic carbocycles. The number of hydrogen-bond donors (Lipinski definition) is 0. The number of piperidine rings is 1. The van der Waals surface area contributed by atoms with Crippen LogP contribution in [-0.2, 0) is 9.53 Å². The number of ketones is 1. The Kier molecular flexibility index (Phi) is 5.22. The van der Waals surface area contributed by atoms with E-state index in [0.717, 1.165) is 12.8 Å². The van der Waals surface area contributed by atoms with Crippen molar-refractivity contribution in [3.8, 4) is 0 Å². The molecule has 1 rings (SSSR count). The van der Waals surface area contributed by atoms with Crippen molar-refractivity contribution in [1.29, 1.82) is 0 Å². The number of carbonyl (C=O) groups excluding carboxylic acids is 2. The SMILES string of the molecule is CC(C)(C)CC(=O)C1CCN(C(=O)OC(C)(C)C)CC1. The fraction of sp³-hybridized carbons (Fsp3) is 0.875. The molecule has 20 heavy (non-hydrogen) atoms. The molecule has 4 heteroatoms. The van der Waals surface area contributed by atoms with Gasteiger partial charge in [-0.15, -0.1) is 0 Å². The number of likely N-dealkylation sites (tertiary alicyclic amines) is 1. The summed E-state index contributed by atoms with van der Waals surface area (Å²) < 4.78 is 5.36. The minimum Gasteiger partial charge on any atom is -0.444 e. The largest absolute Gasteiger partial charge is 0.444 e. The maximum atomic E-state index is 12.2. The molecule has 116 valence electrons. The standard InChI is InChI=1S/C16H29NO3/c1-15(2,3)11-13(18)12-7-9-17(10-8-12)14(19)20-16(4,5)6/h12H,7-11H2,1-6H3. The van der Waals surface area contributed by atoms with Gasteiger partial charge < -0.3 is 9.64 Å². The lowest BCUT2D eigenvalue weighted by Gasteiger charge is -2.33. The van der Waals surface area contributed by atoms with Gasteiger partial charge in [0.15, 0.2) is 0 Å². The highest BCUT2D eigenvalue weighted by molar-refractivity contribution is 5.82. The summed E-state index contributed by atoms with van der Waals surface area (Å²) in [7, 11) is 0. The van der Waals surface area contributed by atoms with Gasteiger partial charge in [0.05, 0.1) is 0 Å². The second kappa shape index (κ2) is 6.15. The molecule has 1 aliphatic heterocycles. The van der Waals surface area contributed by atoms with Gasteiger partial charge in [0, 0.05) is 25.4 Å². The average molecular weight is 283 g/mol. The first kappa shape index (κ1) is 17.0. The predicted octanol–water partition coefficient (Wildman–Crippen LogP) is 3.64. The molecule has 0 spiro atoms. The second-order valence-electron chi connectivity index (χ2n) is 7.95. The molecule has 1 saturated heterocycles. The van der Waals surface area contributed by atoms with E-state index in [-0.39, 0.29) is 17.4 Å². The first-order valence-electron chi connectivity index (χ1n) is 7.48. The van der Waals surface area contributed by atoms with E-state index in [4.69, 9.17) is 4.74 Å². The first-order chi connectivity index (χ1) is 8.98. The lowest BCUT2D eigenvalue weighted by atomic mass is 9.82. The van der Waals surface area contributed by atoms with E-state index in [0.29, 0.717) is 25.3 Å². The van der Waals surface area contributed by atoms with E-state index in [1.807, 2.05) is 20.8 Å². The van der Waals surface area contributed by atoms with E-state index in [9.17, 15) is 9.59 Å². The average Bonchev–Trinajstić information content (AvgIpc) is 2.24. The van der Waals surface area contributed by atoms with Gasteiger partial charge in [-0.1, -0.05) is 20.8 Å². The van der Waals surface area contributed by atoms with Gasteiger partial charge >= 0.3 is 6.09 Å². The number of ether oxygens (including phenoxy) is 1. The Hall–Kier alpha value is -1.06. The molecule has 0 bridgehead atoms. The van der Waals surface area contributed by atoms with Crippen LogP contribution in [0.5, 0.6) is 0 Å². The van der Waals surface area contributed by atoms with Crippen molar-refractivity contribution < 1.29 is 14.3 Å². The summed E-state index contributed by atoms with van der Waals surface area (Å²) in [6, 6.07) is 0. The van der Waals surface area contributed by atoms with Crippen molar-refractivity contribution in [1.82, 2.24) is 4.90 Å². The van der Waals surface area contributed by atoms with Gasteiger partial charge in [0.1, 0.15) is 11.4 Å². The van der Waals surface area contributed by atoms with Crippen LogP contribution in [0.15, 0.2) is 0 Å². The van der Waals surface area contributed by atoms with Crippen molar-refractivity contribution in [2.24, 2.45) is 11.3 Å². The van der Waals surface area contributed by atoms with E-state index in [2.05, 4.69) is 20.8 Å². The van der Waals surface area contributed by atoms with Crippen molar-refractivity contribution >= 4 is 11.9 Å². The molecule has 1 amide bonds. The topological polar surface area (TPSA) is 46.6 Å². The van der Waals surface area contributed by atoms with Crippen molar-refractivity contribution in [2.75, 3.05) is 13.1 Å². The molecular weight excluding hydrogens is 254 g/mol. The third-order valence-corrected chi connectivity index (χ3v) is 3.31. The summed E-state index contributed by atoms with van der Waals surface area (Å²) in [4.78, 5) is 25.8. The quantitative estimate of drug-likeness (QED) is 0.777. The molecule has 1 aliphatic rings. The highest BCUT2D eigenvalue weighted by Gasteiger charge is 2.31. The fourth-order valence-electron chi connectivity index (χ4n) is 2.38. The number of hydrogen-bond acceptors (Lipinski definition) is 3. The third-order valence-electron chi connectivity index (χ3n) is 3.31. The normalized spacial score (nSPS) is 18.0. The van der Waals surface area contributed by atoms with Crippen LogP contribution in [0.1, 0.15) is 60.8 Å². The van der Waals surface area contributed by atoms with Crippen molar-refractivity contribution in [2.45, 2.75) is 66.4 Å². The fourth-order valence-corrected chi connectivity index (χ4v) is 2.38. The smallest absolute Gasteiger partial charge is 0.410 e. The summed E-state index contributed by atoms with van der Waals surface area (Å²) >= 11 is 0. The summed E-state index contributed by atoms with van der Waals surface area (Å²) in [6.45, 7) is 13.1. The summed E-state index contributed by atoms with van der Waals surface area (Å²) in [6.07, 6.45) is 1.87. The highest BCUT2D eigenvalue weighted by Crippen LogP contribution is 2.26. The third kappa shape index (κ3) is 5.93. The predicted molar refractivity (Wildman–Crippen MR) is 79.6 cm³/mol. The number of rotatable bonds is 2. The molecule has 0 N–H and O–H groups in total. The Labute approximate surface area is 122 Å². The molecule has 1 heterocycles. The molecule has 4 nitrogen and oxygen atoms in total. The summed E-state index contributed by atoms with van der Waals surface area (Å²) in [5.74, 6) is 0.439. The zero-order valence-electron chi connectivity index (χ0n) is 13.8. The summed E-state index contributed by atoms with van der Waals surface area (Å²) in [5, 5.41) is 0. The highest BCUT2D eigenvalue weighted by atomic mass is 16.6. The van der Waals surface area contributed by atoms with Crippen molar-refractivity contribution in [3.63, 3.8) is 0 Å². The zero-order chi connectivity index (χ0) is 15.6. The lowest BCUT2D eigenvalue weighted by Crippen LogP contribution is -2.43. The maximum Gasteiger partial charge on any atom is 0.410 e. The van der Waals surface area contributed by atoms with Crippen LogP contribution in [0.2, 0.25) is 0 Å². The molecular formula is C16H29NO3. The van der Waals surface area contributed by atoms with Gasteiger partial charge in [-0.05, 0) is 39.0 Å². The Morgan fingerprint density at radius 1 is 1.05 bits per heavy atom. The Balaban J connectivity index is 2.44. The van der Waals surface area contributed by atoms with Crippen LogP contribution < -0.4 is 0 Å². The van der Waals surface area contributed by atoms with Crippen LogP contribution in [0.3, 0.4) is 0 Å².